The van der Waals surface area contributed by atoms with Crippen molar-refractivity contribution in [3.05, 3.63) is 33.3 Å². The van der Waals surface area contributed by atoms with Crippen LogP contribution < -0.4 is 5.32 Å². The van der Waals surface area contributed by atoms with Crippen LogP contribution in [0, 0.1) is 0 Å². The van der Waals surface area contributed by atoms with E-state index in [2.05, 4.69) is 21.2 Å². The average Bonchev–Trinajstić information content (AvgIpc) is 2.41. The molecule has 1 unspecified atom stereocenters. The minimum absolute atomic E-state index is 0. The molecule has 6 heteroatoms. The van der Waals surface area contributed by atoms with E-state index in [1.54, 1.807) is 12.1 Å². The fourth-order valence-electron chi connectivity index (χ4n) is 2.21. The molecule has 2 rings (SSSR count). The Labute approximate surface area is 133 Å². The van der Waals surface area contributed by atoms with E-state index in [1.807, 2.05) is 18.0 Å². The topological polar surface area (TPSA) is 32.3 Å². The van der Waals surface area contributed by atoms with Crippen molar-refractivity contribution in [2.24, 2.45) is 0 Å². The van der Waals surface area contributed by atoms with E-state index in [4.69, 9.17) is 11.6 Å². The molecule has 0 aromatic heterocycles. The van der Waals surface area contributed by atoms with Gasteiger partial charge in [0.15, 0.2) is 0 Å². The van der Waals surface area contributed by atoms with Crippen molar-refractivity contribution in [3.63, 3.8) is 0 Å². The van der Waals surface area contributed by atoms with E-state index in [-0.39, 0.29) is 18.3 Å². The second kappa shape index (κ2) is 7.48. The van der Waals surface area contributed by atoms with Gasteiger partial charge in [-0.05, 0) is 54.0 Å². The van der Waals surface area contributed by atoms with E-state index in [9.17, 15) is 4.79 Å². The van der Waals surface area contributed by atoms with E-state index >= 15 is 0 Å². The maximum atomic E-state index is 12.3. The Morgan fingerprint density at radius 3 is 2.89 bits per heavy atom. The number of hydrogen-bond acceptors (Lipinski definition) is 2. The SMILES string of the molecule is CNC1CCCN(C(=O)c2ccc(Br)c(Cl)c2)C1.Cl. The molecule has 1 aliphatic heterocycles. The summed E-state index contributed by atoms with van der Waals surface area (Å²) in [6, 6.07) is 5.74. The van der Waals surface area contributed by atoms with Gasteiger partial charge in [-0.3, -0.25) is 4.79 Å². The van der Waals surface area contributed by atoms with E-state index in [1.165, 1.54) is 0 Å². The van der Waals surface area contributed by atoms with Crippen LogP contribution in [-0.2, 0) is 0 Å². The third kappa shape index (κ3) is 4.09. The second-order valence-corrected chi connectivity index (χ2v) is 5.77. The number of piperidine rings is 1. The number of benzene rings is 1. The first-order valence-electron chi connectivity index (χ1n) is 6.03. The van der Waals surface area contributed by atoms with Crippen molar-refractivity contribution < 1.29 is 4.79 Å². The summed E-state index contributed by atoms with van der Waals surface area (Å²) in [5, 5.41) is 3.81. The zero-order valence-electron chi connectivity index (χ0n) is 10.7. The van der Waals surface area contributed by atoms with Crippen molar-refractivity contribution in [3.8, 4) is 0 Å². The lowest BCUT2D eigenvalue weighted by atomic mass is 10.0. The number of nitrogens with one attached hydrogen (secondary N) is 1. The molecule has 106 valence electrons. The summed E-state index contributed by atoms with van der Waals surface area (Å²) in [6.07, 6.45) is 2.17. The molecule has 0 bridgehead atoms. The van der Waals surface area contributed by atoms with E-state index < -0.39 is 0 Å². The second-order valence-electron chi connectivity index (χ2n) is 4.51. The van der Waals surface area contributed by atoms with Crippen LogP contribution in [0.5, 0.6) is 0 Å². The van der Waals surface area contributed by atoms with Gasteiger partial charge >= 0.3 is 0 Å². The summed E-state index contributed by atoms with van der Waals surface area (Å²) in [5.41, 5.74) is 0.653. The van der Waals surface area contributed by atoms with Crippen molar-refractivity contribution in [2.75, 3.05) is 20.1 Å². The molecule has 1 aliphatic rings. The van der Waals surface area contributed by atoms with Gasteiger partial charge in [-0.15, -0.1) is 12.4 Å². The first-order chi connectivity index (χ1) is 8.61. The highest BCUT2D eigenvalue weighted by molar-refractivity contribution is 9.10. The smallest absolute Gasteiger partial charge is 0.253 e. The van der Waals surface area contributed by atoms with Crippen molar-refractivity contribution in [1.82, 2.24) is 10.2 Å². The van der Waals surface area contributed by atoms with Crippen LogP contribution in [0.3, 0.4) is 0 Å². The van der Waals surface area contributed by atoms with Crippen molar-refractivity contribution in [1.29, 1.82) is 0 Å². The predicted octanol–water partition coefficient (Wildman–Crippen LogP) is 3.35. The Bertz CT molecular complexity index is 456. The van der Waals surface area contributed by atoms with Gasteiger partial charge in [0.1, 0.15) is 0 Å². The molecule has 1 heterocycles. The molecule has 0 spiro atoms. The number of amides is 1. The minimum Gasteiger partial charge on any atom is -0.337 e. The molecule has 1 N–H and O–H groups in total. The van der Waals surface area contributed by atoms with Gasteiger partial charge in [0.2, 0.25) is 0 Å². The van der Waals surface area contributed by atoms with E-state index in [0.29, 0.717) is 16.6 Å². The molecule has 1 atom stereocenters. The Balaban J connectivity index is 0.00000180. The summed E-state index contributed by atoms with van der Waals surface area (Å²) in [4.78, 5) is 14.2. The van der Waals surface area contributed by atoms with Crippen LogP contribution in [0.15, 0.2) is 22.7 Å². The lowest BCUT2D eigenvalue weighted by Crippen LogP contribution is -2.46. The van der Waals surface area contributed by atoms with E-state index in [0.717, 1.165) is 30.4 Å². The van der Waals surface area contributed by atoms with Crippen LogP contribution in [0.1, 0.15) is 23.2 Å². The third-order valence-electron chi connectivity index (χ3n) is 3.28. The van der Waals surface area contributed by atoms with Crippen LogP contribution in [0.2, 0.25) is 5.02 Å². The zero-order chi connectivity index (χ0) is 13.1. The normalized spacial score (nSPS) is 18.9. The molecular formula is C13H17BrCl2N2O. The number of likely N-dealkylation sites (tertiary alicyclic amines) is 1. The van der Waals surface area contributed by atoms with Crippen molar-refractivity contribution >= 4 is 45.8 Å². The van der Waals surface area contributed by atoms with Gasteiger partial charge in [0.25, 0.3) is 5.91 Å². The Hall–Kier alpha value is -0.290. The van der Waals surface area contributed by atoms with Crippen LogP contribution in [0.25, 0.3) is 0 Å². The highest BCUT2D eigenvalue weighted by atomic mass is 79.9. The summed E-state index contributed by atoms with van der Waals surface area (Å²) in [7, 11) is 1.94. The summed E-state index contributed by atoms with van der Waals surface area (Å²) in [6.45, 7) is 1.59. The maximum Gasteiger partial charge on any atom is 0.253 e. The molecule has 1 saturated heterocycles. The highest BCUT2D eigenvalue weighted by Gasteiger charge is 2.23. The molecule has 1 aromatic carbocycles. The molecule has 1 fully saturated rings. The number of hydrogen-bond donors (Lipinski definition) is 1. The fourth-order valence-corrected chi connectivity index (χ4v) is 2.64. The molecule has 1 amide bonds. The Morgan fingerprint density at radius 2 is 2.26 bits per heavy atom. The number of carbonyl (C=O) groups excluding carboxylic acids is 1. The standard InChI is InChI=1S/C13H16BrClN2O.ClH/c1-16-10-3-2-6-17(8-10)13(18)9-4-5-11(14)12(15)7-9;/h4-5,7,10,16H,2-3,6,8H2,1H3;1H. The number of carbonyl (C=O) groups is 1. The highest BCUT2D eigenvalue weighted by Crippen LogP contribution is 2.24. The minimum atomic E-state index is 0. The number of rotatable bonds is 2. The van der Waals surface area contributed by atoms with Crippen molar-refractivity contribution in [2.45, 2.75) is 18.9 Å². The van der Waals surface area contributed by atoms with Gasteiger partial charge in [-0.25, -0.2) is 0 Å². The molecule has 3 nitrogen and oxygen atoms in total. The quantitative estimate of drug-likeness (QED) is 0.869. The lowest BCUT2D eigenvalue weighted by Gasteiger charge is -2.32. The molecular weight excluding hydrogens is 351 g/mol. The van der Waals surface area contributed by atoms with Gasteiger partial charge in [-0.1, -0.05) is 11.6 Å². The zero-order valence-corrected chi connectivity index (χ0v) is 13.8. The Kier molecular flexibility index (Phi) is 6.60. The summed E-state index contributed by atoms with van der Waals surface area (Å²) in [5.74, 6) is 0.0596. The molecule has 19 heavy (non-hydrogen) atoms. The first-order valence-corrected chi connectivity index (χ1v) is 7.20. The molecule has 0 saturated carbocycles. The fraction of sp³-hybridized carbons (Fsp3) is 0.462. The predicted molar refractivity (Wildman–Crippen MR) is 84.4 cm³/mol. The number of halogens is 3. The number of nitrogens with zero attached hydrogens (tertiary/aromatic N) is 1. The Morgan fingerprint density at radius 1 is 1.53 bits per heavy atom. The monoisotopic (exact) mass is 366 g/mol. The summed E-state index contributed by atoms with van der Waals surface area (Å²) >= 11 is 9.35. The number of likely N-dealkylation sites (N-methyl/N-ethyl adjacent to an activating group) is 1. The van der Waals surface area contributed by atoms with Crippen LogP contribution in [0.4, 0.5) is 0 Å². The third-order valence-corrected chi connectivity index (χ3v) is 4.52. The maximum absolute atomic E-state index is 12.3. The molecule has 0 radical (unpaired) electrons. The van der Waals surface area contributed by atoms with Gasteiger partial charge in [0.05, 0.1) is 5.02 Å². The molecule has 0 aliphatic carbocycles. The van der Waals surface area contributed by atoms with Crippen LogP contribution >= 0.6 is 39.9 Å². The first kappa shape index (κ1) is 16.8. The van der Waals surface area contributed by atoms with Gasteiger partial charge in [-0.2, -0.15) is 0 Å². The average molecular weight is 368 g/mol. The largest absolute Gasteiger partial charge is 0.337 e. The summed E-state index contributed by atoms with van der Waals surface area (Å²) < 4.78 is 0.812. The van der Waals surface area contributed by atoms with Gasteiger partial charge < -0.3 is 10.2 Å². The van der Waals surface area contributed by atoms with Crippen LogP contribution in [-0.4, -0.2) is 37.0 Å². The lowest BCUT2D eigenvalue weighted by molar-refractivity contribution is 0.0698. The molecule has 1 aromatic rings. The van der Waals surface area contributed by atoms with Gasteiger partial charge in [0, 0.05) is 29.2 Å².